The molecule has 2 aliphatic rings. The van der Waals surface area contributed by atoms with E-state index in [9.17, 15) is 0 Å². The molecule has 3 aromatic heterocycles. The number of nitrogens with one attached hydrogen (secondary N) is 3. The van der Waals surface area contributed by atoms with Crippen molar-refractivity contribution >= 4 is 28.4 Å². The second-order valence-corrected chi connectivity index (χ2v) is 9.40. The highest BCUT2D eigenvalue weighted by Crippen LogP contribution is 2.31. The number of morpholine rings is 1. The van der Waals surface area contributed by atoms with E-state index in [0.717, 1.165) is 98.3 Å². The van der Waals surface area contributed by atoms with Gasteiger partial charge in [-0.1, -0.05) is 0 Å². The van der Waals surface area contributed by atoms with Gasteiger partial charge in [-0.15, -0.1) is 0 Å². The average Bonchev–Trinajstić information content (AvgIpc) is 3.25. The minimum absolute atomic E-state index is 0.349. The Morgan fingerprint density at radius 1 is 1.12 bits per heavy atom. The highest BCUT2D eigenvalue weighted by molar-refractivity contribution is 5.91. The molecule has 4 heterocycles. The third-order valence-corrected chi connectivity index (χ3v) is 6.76. The molecule has 0 atom stereocenters. The number of nitrogens with zero attached hydrogens (tertiary/aromatic N) is 5. The Bertz CT molecular complexity index is 1160. The molecular formula is C25H32N8O. The van der Waals surface area contributed by atoms with E-state index in [1.807, 2.05) is 19.1 Å². The van der Waals surface area contributed by atoms with Gasteiger partial charge in [-0.25, -0.2) is 4.98 Å². The van der Waals surface area contributed by atoms with Crippen molar-refractivity contribution in [1.82, 2.24) is 25.1 Å². The molecule has 9 heteroatoms. The molecule has 0 amide bonds. The van der Waals surface area contributed by atoms with E-state index in [-0.39, 0.29) is 0 Å². The molecule has 0 aromatic carbocycles. The van der Waals surface area contributed by atoms with Crippen LogP contribution in [0.1, 0.15) is 43.5 Å². The summed E-state index contributed by atoms with van der Waals surface area (Å²) in [6.07, 6.45) is 4.92. The van der Waals surface area contributed by atoms with E-state index in [0.29, 0.717) is 18.4 Å². The van der Waals surface area contributed by atoms with Gasteiger partial charge >= 0.3 is 0 Å². The van der Waals surface area contributed by atoms with Crippen molar-refractivity contribution in [2.75, 3.05) is 36.9 Å². The van der Waals surface area contributed by atoms with E-state index >= 15 is 0 Å². The first kappa shape index (κ1) is 22.6. The van der Waals surface area contributed by atoms with Crippen molar-refractivity contribution in [3.8, 4) is 6.07 Å². The first-order chi connectivity index (χ1) is 16.7. The molecule has 0 bridgehead atoms. The highest BCUT2D eigenvalue weighted by Gasteiger charge is 2.22. The summed E-state index contributed by atoms with van der Waals surface area (Å²) in [4.78, 5) is 12.3. The number of pyridine rings is 2. The number of rotatable bonds is 7. The number of hydrogen-bond acceptors (Lipinski definition) is 8. The summed E-state index contributed by atoms with van der Waals surface area (Å²) in [6, 6.07) is 10.9. The van der Waals surface area contributed by atoms with E-state index in [4.69, 9.17) is 20.0 Å². The lowest BCUT2D eigenvalue weighted by atomic mass is 9.84. The maximum atomic E-state index is 9.01. The summed E-state index contributed by atoms with van der Waals surface area (Å²) in [7, 11) is 0. The maximum absolute atomic E-state index is 9.01. The predicted octanol–water partition coefficient (Wildman–Crippen LogP) is 4.12. The van der Waals surface area contributed by atoms with Gasteiger partial charge in [0.1, 0.15) is 11.6 Å². The molecule has 0 radical (unpaired) electrons. The van der Waals surface area contributed by atoms with Crippen LogP contribution >= 0.6 is 0 Å². The summed E-state index contributed by atoms with van der Waals surface area (Å²) in [6.45, 7) is 6.21. The van der Waals surface area contributed by atoms with E-state index < -0.39 is 0 Å². The topological polar surface area (TPSA) is 115 Å². The molecule has 178 valence electrons. The van der Waals surface area contributed by atoms with Crippen LogP contribution in [-0.2, 0) is 11.3 Å². The van der Waals surface area contributed by atoms with Gasteiger partial charge in [0, 0.05) is 55.3 Å². The minimum Gasteiger partial charge on any atom is -0.379 e. The number of ether oxygens (including phenoxy) is 1. The predicted molar refractivity (Wildman–Crippen MR) is 132 cm³/mol. The fourth-order valence-corrected chi connectivity index (χ4v) is 4.87. The third-order valence-electron chi connectivity index (χ3n) is 6.76. The normalized spacial score (nSPS) is 21.3. The van der Waals surface area contributed by atoms with Crippen molar-refractivity contribution < 1.29 is 4.74 Å². The largest absolute Gasteiger partial charge is 0.379 e. The summed E-state index contributed by atoms with van der Waals surface area (Å²) < 4.78 is 5.48. The van der Waals surface area contributed by atoms with Crippen molar-refractivity contribution in [3.05, 3.63) is 35.7 Å². The minimum atomic E-state index is 0.349. The zero-order valence-electron chi connectivity index (χ0n) is 19.7. The fourth-order valence-electron chi connectivity index (χ4n) is 4.87. The van der Waals surface area contributed by atoms with Crippen LogP contribution in [0.2, 0.25) is 0 Å². The molecule has 3 N–H and O–H groups in total. The zero-order valence-corrected chi connectivity index (χ0v) is 19.7. The van der Waals surface area contributed by atoms with E-state index in [1.54, 1.807) is 0 Å². The molecule has 1 aliphatic carbocycles. The molecule has 34 heavy (non-hydrogen) atoms. The van der Waals surface area contributed by atoms with Crippen LogP contribution in [0, 0.1) is 24.2 Å². The first-order valence-electron chi connectivity index (χ1n) is 12.2. The van der Waals surface area contributed by atoms with Crippen molar-refractivity contribution in [1.29, 1.82) is 5.26 Å². The third kappa shape index (κ3) is 5.46. The molecule has 9 nitrogen and oxygen atoms in total. The molecule has 5 rings (SSSR count). The van der Waals surface area contributed by atoms with Crippen LogP contribution in [0.25, 0.3) is 10.9 Å². The van der Waals surface area contributed by atoms with Gasteiger partial charge in [-0.3, -0.25) is 15.0 Å². The van der Waals surface area contributed by atoms with Crippen LogP contribution in [0.5, 0.6) is 0 Å². The fraction of sp³-hybridized carbons (Fsp3) is 0.520. The number of aromatic amines is 1. The van der Waals surface area contributed by atoms with Gasteiger partial charge in [0.2, 0.25) is 0 Å². The van der Waals surface area contributed by atoms with Gasteiger partial charge in [0.05, 0.1) is 30.5 Å². The molecule has 3 aromatic rings. The second kappa shape index (κ2) is 10.4. The van der Waals surface area contributed by atoms with Crippen LogP contribution in [0.3, 0.4) is 0 Å². The van der Waals surface area contributed by atoms with Gasteiger partial charge in [-0.2, -0.15) is 10.4 Å². The van der Waals surface area contributed by atoms with Gasteiger partial charge in [-0.05, 0) is 50.7 Å². The van der Waals surface area contributed by atoms with Crippen LogP contribution in [-0.4, -0.2) is 57.4 Å². The molecule has 0 spiro atoms. The van der Waals surface area contributed by atoms with Gasteiger partial charge in [0.25, 0.3) is 0 Å². The Morgan fingerprint density at radius 3 is 2.68 bits per heavy atom. The Kier molecular flexibility index (Phi) is 6.88. The second-order valence-electron chi connectivity index (χ2n) is 9.40. The number of anilines is 3. The number of aryl methyl sites for hydroxylation is 1. The quantitative estimate of drug-likeness (QED) is 0.482. The lowest BCUT2D eigenvalue weighted by molar-refractivity contribution is 0.0337. The molecule has 0 unspecified atom stereocenters. The van der Waals surface area contributed by atoms with Gasteiger partial charge < -0.3 is 15.4 Å². The first-order valence-corrected chi connectivity index (χ1v) is 12.2. The monoisotopic (exact) mass is 460 g/mol. The van der Waals surface area contributed by atoms with E-state index in [2.05, 4.69) is 43.9 Å². The number of nitriles is 1. The average molecular weight is 461 g/mol. The van der Waals surface area contributed by atoms with E-state index in [1.165, 1.54) is 0 Å². The molecule has 1 saturated heterocycles. The number of fused-ring (bicyclic) bond motifs is 1. The summed E-state index contributed by atoms with van der Waals surface area (Å²) >= 11 is 0. The van der Waals surface area contributed by atoms with Crippen LogP contribution in [0.15, 0.2) is 24.3 Å². The van der Waals surface area contributed by atoms with Crippen molar-refractivity contribution in [3.63, 3.8) is 0 Å². The van der Waals surface area contributed by atoms with Crippen molar-refractivity contribution in [2.24, 2.45) is 5.92 Å². The zero-order chi connectivity index (χ0) is 23.3. The lowest BCUT2D eigenvalue weighted by Crippen LogP contribution is -2.35. The SMILES string of the molecule is Cc1cc(Nc2cc3nc(CN4CCOCC4)ccc3c(NC3CCC(CC#N)CC3)n2)n[nH]1. The summed E-state index contributed by atoms with van der Waals surface area (Å²) in [5.41, 5.74) is 2.95. The highest BCUT2D eigenvalue weighted by atomic mass is 16.5. The molecule has 1 saturated carbocycles. The summed E-state index contributed by atoms with van der Waals surface area (Å²) in [5, 5.41) is 24.3. The maximum Gasteiger partial charge on any atom is 0.153 e. The Balaban J connectivity index is 1.40. The van der Waals surface area contributed by atoms with Gasteiger partial charge in [0.15, 0.2) is 5.82 Å². The standard InChI is InChI=1S/C25H32N8O/c1-17-14-24(32-31-17)29-23-15-22-21(7-6-20(27-22)16-33-10-12-34-13-11-33)25(30-23)28-19-4-2-18(3-5-19)8-9-26/h6-7,14-15,18-19H,2-5,8,10-13,16H2,1H3,(H3,28,29,30,31,32). The number of hydrogen-bond donors (Lipinski definition) is 3. The molecular weight excluding hydrogens is 428 g/mol. The Morgan fingerprint density at radius 2 is 1.94 bits per heavy atom. The summed E-state index contributed by atoms with van der Waals surface area (Å²) in [5.74, 6) is 2.82. The Hall–Kier alpha value is -3.22. The lowest BCUT2D eigenvalue weighted by Gasteiger charge is -2.29. The Labute approximate surface area is 199 Å². The molecule has 2 fully saturated rings. The molecule has 1 aliphatic heterocycles. The smallest absolute Gasteiger partial charge is 0.153 e. The number of aromatic nitrogens is 4. The van der Waals surface area contributed by atoms with Crippen LogP contribution in [0.4, 0.5) is 17.5 Å². The van der Waals surface area contributed by atoms with Crippen molar-refractivity contribution in [2.45, 2.75) is 51.6 Å². The van der Waals surface area contributed by atoms with Crippen LogP contribution < -0.4 is 10.6 Å². The number of H-pyrrole nitrogens is 1.